The second-order valence-corrected chi connectivity index (χ2v) is 5.75. The van der Waals surface area contributed by atoms with Crippen LogP contribution in [-0.2, 0) is 16.0 Å². The fourth-order valence-corrected chi connectivity index (χ4v) is 3.10. The third-order valence-electron chi connectivity index (χ3n) is 3.41. The topological polar surface area (TPSA) is 66.8 Å². The second kappa shape index (κ2) is 5.71. The van der Waals surface area contributed by atoms with Gasteiger partial charge in [-0.2, -0.15) is 0 Å². The van der Waals surface area contributed by atoms with Gasteiger partial charge in [0, 0.05) is 11.9 Å². The number of carboxylic acid groups (broad SMARTS) is 1. The van der Waals surface area contributed by atoms with Gasteiger partial charge >= 0.3 is 5.97 Å². The Bertz CT molecular complexity index is 485. The largest absolute Gasteiger partial charge is 0.481 e. The fourth-order valence-electron chi connectivity index (χ4n) is 2.17. The number of aryl methyl sites for hydroxylation is 1. The van der Waals surface area contributed by atoms with Gasteiger partial charge in [-0.15, -0.1) is 11.3 Å². The summed E-state index contributed by atoms with van der Waals surface area (Å²) in [6.07, 6.45) is 0.895. The number of carboxylic acids is 1. The van der Waals surface area contributed by atoms with Crippen molar-refractivity contribution in [2.24, 2.45) is 5.92 Å². The van der Waals surface area contributed by atoms with E-state index in [1.54, 1.807) is 13.1 Å². The molecule has 1 aliphatic heterocycles. The molecule has 1 aromatic rings. The Morgan fingerprint density at radius 3 is 2.79 bits per heavy atom. The van der Waals surface area contributed by atoms with E-state index in [0.717, 1.165) is 11.3 Å². The number of hydrogen-bond donors (Lipinski definition) is 1. The summed E-state index contributed by atoms with van der Waals surface area (Å²) >= 11 is 1.46. The average Bonchev–Trinajstić information content (AvgIpc) is 3.05. The van der Waals surface area contributed by atoms with Gasteiger partial charge < -0.3 is 14.7 Å². The maximum Gasteiger partial charge on any atom is 0.311 e. The van der Waals surface area contributed by atoms with E-state index < -0.39 is 17.9 Å². The number of hydrogen-bond acceptors (Lipinski definition) is 4. The van der Waals surface area contributed by atoms with E-state index in [1.165, 1.54) is 16.2 Å². The summed E-state index contributed by atoms with van der Waals surface area (Å²) in [4.78, 5) is 26.7. The lowest BCUT2D eigenvalue weighted by atomic mass is 10.0. The van der Waals surface area contributed by atoms with Gasteiger partial charge in [0.05, 0.1) is 24.1 Å². The number of nitrogens with zero attached hydrogens (tertiary/aromatic N) is 1. The predicted molar refractivity (Wildman–Crippen MR) is 71.5 cm³/mol. The van der Waals surface area contributed by atoms with Crippen molar-refractivity contribution in [1.29, 1.82) is 0 Å². The lowest BCUT2D eigenvalue weighted by molar-refractivity contribution is -0.142. The average molecular weight is 283 g/mol. The lowest BCUT2D eigenvalue weighted by Crippen LogP contribution is -2.43. The monoisotopic (exact) mass is 283 g/mol. The molecule has 0 aliphatic carbocycles. The molecule has 1 aliphatic rings. The van der Waals surface area contributed by atoms with Gasteiger partial charge in [0.25, 0.3) is 5.91 Å². The van der Waals surface area contributed by atoms with E-state index in [0.29, 0.717) is 4.88 Å². The van der Waals surface area contributed by atoms with E-state index in [4.69, 9.17) is 9.84 Å². The van der Waals surface area contributed by atoms with Gasteiger partial charge in [0.2, 0.25) is 0 Å². The molecule has 2 heterocycles. The SMILES string of the molecule is CCc1ccc(C(=O)N(C)C2COCC2C(=O)O)s1. The highest BCUT2D eigenvalue weighted by molar-refractivity contribution is 7.14. The van der Waals surface area contributed by atoms with Crippen molar-refractivity contribution in [2.75, 3.05) is 20.3 Å². The summed E-state index contributed by atoms with van der Waals surface area (Å²) in [5, 5.41) is 9.11. The van der Waals surface area contributed by atoms with Gasteiger partial charge in [-0.25, -0.2) is 0 Å². The number of ether oxygens (including phenoxy) is 1. The molecular formula is C13H17NO4S. The van der Waals surface area contributed by atoms with Crippen molar-refractivity contribution in [3.8, 4) is 0 Å². The molecule has 2 unspecified atom stereocenters. The van der Waals surface area contributed by atoms with Crippen LogP contribution in [-0.4, -0.2) is 48.2 Å². The maximum atomic E-state index is 12.3. The molecule has 1 aromatic heterocycles. The van der Waals surface area contributed by atoms with Gasteiger partial charge in [0.15, 0.2) is 0 Å². The summed E-state index contributed by atoms with van der Waals surface area (Å²) < 4.78 is 5.19. The van der Waals surface area contributed by atoms with Gasteiger partial charge in [-0.3, -0.25) is 9.59 Å². The fraction of sp³-hybridized carbons (Fsp3) is 0.538. The summed E-state index contributed by atoms with van der Waals surface area (Å²) in [6, 6.07) is 3.34. The number of amides is 1. The standard InChI is InChI=1S/C13H17NO4S/c1-3-8-4-5-11(19-8)12(15)14(2)10-7-18-6-9(10)13(16)17/h4-5,9-10H,3,6-7H2,1-2H3,(H,16,17). The van der Waals surface area contributed by atoms with Crippen LogP contribution in [0.1, 0.15) is 21.5 Å². The van der Waals surface area contributed by atoms with Crippen LogP contribution >= 0.6 is 11.3 Å². The van der Waals surface area contributed by atoms with Crippen LogP contribution in [0, 0.1) is 5.92 Å². The van der Waals surface area contributed by atoms with E-state index >= 15 is 0 Å². The summed E-state index contributed by atoms with van der Waals surface area (Å²) in [5.74, 6) is -1.69. The third kappa shape index (κ3) is 2.79. The lowest BCUT2D eigenvalue weighted by Gasteiger charge is -2.25. The summed E-state index contributed by atoms with van der Waals surface area (Å²) in [7, 11) is 1.64. The first-order valence-corrected chi connectivity index (χ1v) is 7.02. The number of carbonyl (C=O) groups excluding carboxylic acids is 1. The number of aliphatic carboxylic acids is 1. The first kappa shape index (κ1) is 14.0. The Morgan fingerprint density at radius 2 is 2.21 bits per heavy atom. The number of rotatable bonds is 4. The Labute approximate surface area is 115 Å². The van der Waals surface area contributed by atoms with Crippen LogP contribution in [0.15, 0.2) is 12.1 Å². The molecule has 0 spiro atoms. The zero-order valence-electron chi connectivity index (χ0n) is 11.0. The van der Waals surface area contributed by atoms with Crippen LogP contribution in [0.25, 0.3) is 0 Å². The van der Waals surface area contributed by atoms with Crippen molar-refractivity contribution in [3.63, 3.8) is 0 Å². The van der Waals surface area contributed by atoms with Crippen LogP contribution in [0.5, 0.6) is 0 Å². The normalized spacial score (nSPS) is 22.4. The molecule has 0 radical (unpaired) electrons. The minimum Gasteiger partial charge on any atom is -0.481 e. The molecule has 104 valence electrons. The van der Waals surface area contributed by atoms with E-state index in [9.17, 15) is 9.59 Å². The first-order chi connectivity index (χ1) is 9.04. The highest BCUT2D eigenvalue weighted by atomic mass is 32.1. The van der Waals surface area contributed by atoms with Crippen molar-refractivity contribution in [2.45, 2.75) is 19.4 Å². The van der Waals surface area contributed by atoms with Crippen LogP contribution < -0.4 is 0 Å². The molecule has 1 amide bonds. The van der Waals surface area contributed by atoms with Crippen molar-refractivity contribution in [1.82, 2.24) is 4.90 Å². The number of carbonyl (C=O) groups is 2. The Kier molecular flexibility index (Phi) is 4.21. The Balaban J connectivity index is 2.12. The summed E-state index contributed by atoms with van der Waals surface area (Å²) in [5.41, 5.74) is 0. The molecule has 2 atom stereocenters. The molecule has 1 saturated heterocycles. The smallest absolute Gasteiger partial charge is 0.311 e. The molecular weight excluding hydrogens is 266 g/mol. The quantitative estimate of drug-likeness (QED) is 0.909. The van der Waals surface area contributed by atoms with E-state index in [-0.39, 0.29) is 19.1 Å². The molecule has 19 heavy (non-hydrogen) atoms. The third-order valence-corrected chi connectivity index (χ3v) is 4.62. The predicted octanol–water partition coefficient (Wildman–Crippen LogP) is 1.48. The first-order valence-electron chi connectivity index (χ1n) is 6.21. The molecule has 0 saturated carbocycles. The van der Waals surface area contributed by atoms with Gasteiger partial charge in [-0.1, -0.05) is 6.92 Å². The minimum atomic E-state index is -0.914. The summed E-state index contributed by atoms with van der Waals surface area (Å²) in [6.45, 7) is 2.49. The molecule has 5 nitrogen and oxygen atoms in total. The minimum absolute atomic E-state index is 0.133. The van der Waals surface area contributed by atoms with Gasteiger partial charge in [0.1, 0.15) is 5.92 Å². The van der Waals surface area contributed by atoms with Crippen molar-refractivity contribution in [3.05, 3.63) is 21.9 Å². The number of thiophene rings is 1. The second-order valence-electron chi connectivity index (χ2n) is 4.59. The molecule has 6 heteroatoms. The molecule has 1 fully saturated rings. The maximum absolute atomic E-state index is 12.3. The van der Waals surface area contributed by atoms with Crippen LogP contribution in [0.2, 0.25) is 0 Å². The van der Waals surface area contributed by atoms with E-state index in [2.05, 4.69) is 0 Å². The Morgan fingerprint density at radius 1 is 1.47 bits per heavy atom. The van der Waals surface area contributed by atoms with E-state index in [1.807, 2.05) is 13.0 Å². The molecule has 0 bridgehead atoms. The van der Waals surface area contributed by atoms with Crippen molar-refractivity contribution < 1.29 is 19.4 Å². The van der Waals surface area contributed by atoms with Crippen LogP contribution in [0.4, 0.5) is 0 Å². The zero-order chi connectivity index (χ0) is 14.0. The van der Waals surface area contributed by atoms with Crippen molar-refractivity contribution >= 4 is 23.2 Å². The molecule has 0 aromatic carbocycles. The van der Waals surface area contributed by atoms with Crippen LogP contribution in [0.3, 0.4) is 0 Å². The molecule has 2 rings (SSSR count). The molecule has 1 N–H and O–H groups in total. The highest BCUT2D eigenvalue weighted by Crippen LogP contribution is 2.23. The zero-order valence-corrected chi connectivity index (χ0v) is 11.8. The highest BCUT2D eigenvalue weighted by Gasteiger charge is 2.38. The number of likely N-dealkylation sites (N-methyl/N-ethyl adjacent to an activating group) is 1. The Hall–Kier alpha value is -1.40. The van der Waals surface area contributed by atoms with Gasteiger partial charge in [-0.05, 0) is 18.6 Å².